The van der Waals surface area contributed by atoms with E-state index in [1.54, 1.807) is 6.07 Å². The number of primary amides is 1. The molecular formula is C28H38ClN4O3S+. The molecule has 200 valence electrons. The van der Waals surface area contributed by atoms with Crippen molar-refractivity contribution in [3.8, 4) is 5.75 Å². The van der Waals surface area contributed by atoms with E-state index < -0.39 is 0 Å². The van der Waals surface area contributed by atoms with Gasteiger partial charge in [-0.05, 0) is 68.0 Å². The summed E-state index contributed by atoms with van der Waals surface area (Å²) in [6.07, 6.45) is 8.20. The second-order valence-electron chi connectivity index (χ2n) is 10.2. The van der Waals surface area contributed by atoms with Gasteiger partial charge in [0, 0.05) is 18.0 Å². The second kappa shape index (κ2) is 12.9. The third-order valence-corrected chi connectivity index (χ3v) is 9.02. The SMILES string of the molecule is NC(=O)CC[N+](CCNCCc1ccc(O)c2[nH]c(=O)sc12)(CCc1cccc(Cl)c1)C1CCCCC1. The Morgan fingerprint density at radius 3 is 2.68 bits per heavy atom. The van der Waals surface area contributed by atoms with Gasteiger partial charge in [0.05, 0.1) is 36.8 Å². The first-order chi connectivity index (χ1) is 17.9. The van der Waals surface area contributed by atoms with Crippen LogP contribution in [0.15, 0.2) is 41.2 Å². The van der Waals surface area contributed by atoms with E-state index in [1.807, 2.05) is 24.3 Å². The van der Waals surface area contributed by atoms with E-state index in [4.69, 9.17) is 17.3 Å². The zero-order chi connectivity index (χ0) is 26.3. The number of nitrogens with one attached hydrogen (secondary N) is 2. The number of nitrogens with two attached hydrogens (primary N) is 1. The molecule has 1 unspecified atom stereocenters. The molecule has 9 heteroatoms. The largest absolute Gasteiger partial charge is 0.506 e. The number of quaternary nitrogens is 1. The van der Waals surface area contributed by atoms with Gasteiger partial charge in [0.2, 0.25) is 5.91 Å². The molecule has 1 saturated carbocycles. The van der Waals surface area contributed by atoms with Crippen LogP contribution in [0.1, 0.15) is 49.7 Å². The quantitative estimate of drug-likeness (QED) is 0.189. The summed E-state index contributed by atoms with van der Waals surface area (Å²) in [5, 5.41) is 14.4. The van der Waals surface area contributed by atoms with Gasteiger partial charge in [0.25, 0.3) is 0 Å². The van der Waals surface area contributed by atoms with Gasteiger partial charge in [-0.1, -0.05) is 47.6 Å². The number of hydrogen-bond donors (Lipinski definition) is 4. The maximum absolute atomic E-state index is 11.9. The van der Waals surface area contributed by atoms with Crippen molar-refractivity contribution in [2.75, 3.05) is 32.7 Å². The number of hydrogen-bond acceptors (Lipinski definition) is 5. The topological polar surface area (TPSA) is 108 Å². The zero-order valence-electron chi connectivity index (χ0n) is 21.3. The van der Waals surface area contributed by atoms with Crippen molar-refractivity contribution >= 4 is 39.1 Å². The highest BCUT2D eigenvalue weighted by Gasteiger charge is 2.37. The molecule has 1 fully saturated rings. The standard InChI is InChI=1S/C28H37ClN4O3S/c29-22-6-4-5-20(19-22)12-16-33(17-13-25(30)35,23-7-2-1-3-8-23)18-15-31-14-11-21-9-10-24(34)26-27(21)37-28(36)32-26/h4-6,9-10,19,23,31H,1-3,7-8,11-18H2,(H3-,30,32,34,35,36)/p+1. The molecule has 0 bridgehead atoms. The molecule has 5 N–H and O–H groups in total. The monoisotopic (exact) mass is 545 g/mol. The second-order valence-corrected chi connectivity index (χ2v) is 11.7. The maximum Gasteiger partial charge on any atom is 0.305 e. The lowest BCUT2D eigenvalue weighted by atomic mass is 9.91. The van der Waals surface area contributed by atoms with E-state index in [0.717, 1.165) is 76.7 Å². The highest BCUT2D eigenvalue weighted by molar-refractivity contribution is 7.16. The zero-order valence-corrected chi connectivity index (χ0v) is 22.9. The Balaban J connectivity index is 1.43. The van der Waals surface area contributed by atoms with Crippen molar-refractivity contribution in [2.45, 2.75) is 57.4 Å². The van der Waals surface area contributed by atoms with Crippen LogP contribution < -0.4 is 15.9 Å². The minimum absolute atomic E-state index is 0.105. The van der Waals surface area contributed by atoms with Crippen LogP contribution in [0, 0.1) is 0 Å². The van der Waals surface area contributed by atoms with Gasteiger partial charge in [-0.25, -0.2) is 0 Å². The van der Waals surface area contributed by atoms with Crippen LogP contribution in [0.2, 0.25) is 5.02 Å². The summed E-state index contributed by atoms with van der Waals surface area (Å²) in [5.74, 6) is -0.135. The van der Waals surface area contributed by atoms with E-state index in [-0.39, 0.29) is 16.5 Å². The smallest absolute Gasteiger partial charge is 0.305 e. The number of rotatable bonds is 13. The van der Waals surface area contributed by atoms with Gasteiger partial charge in [-0.3, -0.25) is 9.59 Å². The Labute approximate surface area is 227 Å². The van der Waals surface area contributed by atoms with Crippen molar-refractivity contribution in [1.82, 2.24) is 10.3 Å². The summed E-state index contributed by atoms with van der Waals surface area (Å²) >= 11 is 7.39. The van der Waals surface area contributed by atoms with Crippen molar-refractivity contribution in [3.63, 3.8) is 0 Å². The summed E-state index contributed by atoms with van der Waals surface area (Å²) in [5.41, 5.74) is 8.42. The minimum atomic E-state index is -0.240. The van der Waals surface area contributed by atoms with Crippen molar-refractivity contribution in [2.24, 2.45) is 5.73 Å². The number of carbonyl (C=O) groups is 1. The molecule has 1 atom stereocenters. The fraction of sp³-hybridized carbons (Fsp3) is 0.500. The van der Waals surface area contributed by atoms with E-state index in [9.17, 15) is 14.7 Å². The highest BCUT2D eigenvalue weighted by atomic mass is 35.5. The molecule has 1 aliphatic rings. The van der Waals surface area contributed by atoms with Crippen LogP contribution >= 0.6 is 22.9 Å². The Bertz CT molecular complexity index is 1250. The fourth-order valence-electron chi connectivity index (χ4n) is 5.81. The normalized spacial score (nSPS) is 16.1. The van der Waals surface area contributed by atoms with E-state index >= 15 is 0 Å². The molecule has 4 rings (SSSR count). The van der Waals surface area contributed by atoms with Gasteiger partial charge < -0.3 is 25.6 Å². The molecule has 1 amide bonds. The van der Waals surface area contributed by atoms with Crippen LogP contribution in [0.5, 0.6) is 5.75 Å². The Morgan fingerprint density at radius 2 is 1.92 bits per heavy atom. The Kier molecular flexibility index (Phi) is 9.65. The van der Waals surface area contributed by atoms with Crippen molar-refractivity contribution < 1.29 is 14.4 Å². The molecule has 1 aliphatic carbocycles. The van der Waals surface area contributed by atoms with Gasteiger partial charge in [-0.15, -0.1) is 0 Å². The number of halogens is 1. The summed E-state index contributed by atoms with van der Waals surface area (Å²) in [4.78, 5) is 26.2. The number of phenols is 1. The number of aromatic hydroxyl groups is 1. The van der Waals surface area contributed by atoms with Crippen LogP contribution in [0.3, 0.4) is 0 Å². The summed E-state index contributed by atoms with van der Waals surface area (Å²) in [6.45, 7) is 4.24. The lowest BCUT2D eigenvalue weighted by molar-refractivity contribution is -0.950. The Hall–Kier alpha value is -2.39. The van der Waals surface area contributed by atoms with Gasteiger partial charge in [0.1, 0.15) is 11.3 Å². The predicted octanol–water partition coefficient (Wildman–Crippen LogP) is 4.35. The maximum atomic E-state index is 11.9. The van der Waals surface area contributed by atoms with Gasteiger partial charge in [0.15, 0.2) is 0 Å². The number of aromatic amines is 1. The molecule has 0 radical (unpaired) electrons. The molecular weight excluding hydrogens is 508 g/mol. The molecule has 1 aromatic heterocycles. The van der Waals surface area contributed by atoms with Gasteiger partial charge in [-0.2, -0.15) is 0 Å². The summed E-state index contributed by atoms with van der Waals surface area (Å²) in [6, 6.07) is 12.1. The third-order valence-electron chi connectivity index (χ3n) is 7.83. The average Bonchev–Trinajstić information content (AvgIpc) is 3.29. The molecule has 1 heterocycles. The third kappa shape index (κ3) is 7.35. The lowest BCUT2D eigenvalue weighted by Gasteiger charge is -2.47. The van der Waals surface area contributed by atoms with E-state index in [1.165, 1.54) is 37.7 Å². The molecule has 0 aliphatic heterocycles. The average molecular weight is 546 g/mol. The number of carbonyl (C=O) groups excluding carboxylic acids is 1. The number of fused-ring (bicyclic) bond motifs is 1. The predicted molar refractivity (Wildman–Crippen MR) is 151 cm³/mol. The molecule has 3 aromatic rings. The lowest BCUT2D eigenvalue weighted by Crippen LogP contribution is -2.60. The summed E-state index contributed by atoms with van der Waals surface area (Å²) in [7, 11) is 0. The van der Waals surface area contributed by atoms with Crippen LogP contribution in [-0.2, 0) is 17.6 Å². The number of amides is 1. The van der Waals surface area contributed by atoms with Crippen molar-refractivity contribution in [3.05, 3.63) is 62.2 Å². The Morgan fingerprint density at radius 1 is 1.11 bits per heavy atom. The highest BCUT2D eigenvalue weighted by Crippen LogP contribution is 2.30. The van der Waals surface area contributed by atoms with Crippen LogP contribution in [0.4, 0.5) is 0 Å². The first-order valence-electron chi connectivity index (χ1n) is 13.3. The van der Waals surface area contributed by atoms with Crippen LogP contribution in [0.25, 0.3) is 10.2 Å². The number of phenolic OH excluding ortho intramolecular Hbond substituents is 1. The number of benzene rings is 2. The summed E-state index contributed by atoms with van der Waals surface area (Å²) < 4.78 is 1.72. The first kappa shape index (κ1) is 27.6. The number of thiazole rings is 1. The molecule has 7 nitrogen and oxygen atoms in total. The minimum Gasteiger partial charge on any atom is -0.506 e. The molecule has 0 saturated heterocycles. The van der Waals surface area contributed by atoms with E-state index in [2.05, 4.69) is 16.4 Å². The fourth-order valence-corrected chi connectivity index (χ4v) is 6.92. The number of H-pyrrole nitrogens is 1. The number of nitrogens with zero attached hydrogens (tertiary/aromatic N) is 1. The first-order valence-corrected chi connectivity index (χ1v) is 14.5. The molecule has 37 heavy (non-hydrogen) atoms. The molecule has 0 spiro atoms. The number of aromatic nitrogens is 1. The van der Waals surface area contributed by atoms with Crippen molar-refractivity contribution in [1.29, 1.82) is 0 Å². The van der Waals surface area contributed by atoms with Gasteiger partial charge >= 0.3 is 4.87 Å². The molecule has 2 aromatic carbocycles. The van der Waals surface area contributed by atoms with E-state index in [0.29, 0.717) is 18.0 Å². The van der Waals surface area contributed by atoms with Crippen LogP contribution in [-0.4, -0.2) is 59.2 Å².